The lowest BCUT2D eigenvalue weighted by Crippen LogP contribution is -2.74. The quantitative estimate of drug-likeness (QED) is 0.122. The van der Waals surface area contributed by atoms with Crippen molar-refractivity contribution in [2.45, 2.75) is 0 Å². The van der Waals surface area contributed by atoms with E-state index in [-0.39, 0.29) is 29.9 Å². The molecular formula is C54H36N2OSi. The second-order valence-electron chi connectivity index (χ2n) is 14.9. The van der Waals surface area contributed by atoms with Gasteiger partial charge in [-0.3, -0.25) is 0 Å². The molecule has 0 aliphatic rings. The molecule has 0 amide bonds. The van der Waals surface area contributed by atoms with E-state index in [9.17, 15) is 5.48 Å². The van der Waals surface area contributed by atoms with Crippen LogP contribution in [0, 0.1) is 0 Å². The van der Waals surface area contributed by atoms with E-state index in [0.717, 1.165) is 75.6 Å². The lowest BCUT2D eigenvalue weighted by Gasteiger charge is -2.34. The minimum Gasteiger partial charge on any atom is -0.454 e. The summed E-state index contributed by atoms with van der Waals surface area (Å²) in [5.74, 6) is 0. The highest BCUT2D eigenvalue weighted by Crippen LogP contribution is 2.45. The topological polar surface area (TPSA) is 23.0 Å². The molecule has 0 unspecified atom stereocenters. The Hall–Kier alpha value is -7.40. The van der Waals surface area contributed by atoms with Crippen molar-refractivity contribution in [3.63, 3.8) is 0 Å². The number of aromatic nitrogens is 2. The molecular weight excluding hydrogens is 721 g/mol. The van der Waals surface area contributed by atoms with Crippen molar-refractivity contribution in [2.24, 2.45) is 0 Å². The van der Waals surface area contributed by atoms with Gasteiger partial charge in [-0.25, -0.2) is 0 Å². The molecule has 3 nitrogen and oxygen atoms in total. The summed E-state index contributed by atoms with van der Waals surface area (Å²) in [6.45, 7) is 0. The first-order valence-electron chi connectivity index (χ1n) is 21.6. The molecule has 0 aliphatic heterocycles. The summed E-state index contributed by atoms with van der Waals surface area (Å²) in [5, 5.41) is 9.22. The second-order valence-corrected chi connectivity index (χ2v) is 18.6. The Bertz CT molecular complexity index is 3570. The van der Waals surface area contributed by atoms with E-state index in [1.165, 1.54) is 0 Å². The molecule has 0 saturated carbocycles. The molecule has 3 heterocycles. The maximum absolute atomic E-state index is 10.2. The number of benzene rings is 9. The molecule has 0 bridgehead atoms. The van der Waals surface area contributed by atoms with Crippen molar-refractivity contribution in [1.29, 1.82) is 0 Å². The number of hydrogen-bond donors (Lipinski definition) is 0. The largest absolute Gasteiger partial charge is 0.454 e. The van der Waals surface area contributed by atoms with E-state index in [2.05, 4.69) is 108 Å². The maximum atomic E-state index is 10.2. The number of furan rings is 1. The van der Waals surface area contributed by atoms with E-state index < -0.39 is 8.07 Å². The summed E-state index contributed by atoms with van der Waals surface area (Å²) in [6.07, 6.45) is 0. The minimum atomic E-state index is -3.46. The average Bonchev–Trinajstić information content (AvgIpc) is 3.99. The highest BCUT2D eigenvalue weighted by Gasteiger charge is 2.41. The van der Waals surface area contributed by atoms with Crippen LogP contribution in [0.2, 0.25) is 0 Å². The fraction of sp³-hybridized carbons (Fsp3) is 0. The molecule has 4 heteroatoms. The van der Waals surface area contributed by atoms with Crippen LogP contribution in [0.1, 0.15) is 5.48 Å². The Morgan fingerprint density at radius 3 is 1.36 bits per heavy atom. The Balaban J connectivity index is 1.24. The summed E-state index contributed by atoms with van der Waals surface area (Å²) < 4.78 is 51.7. The van der Waals surface area contributed by atoms with E-state index in [1.807, 2.05) is 95.6 Å². The van der Waals surface area contributed by atoms with Gasteiger partial charge < -0.3 is 13.6 Å². The molecule has 0 fully saturated rings. The van der Waals surface area contributed by atoms with Gasteiger partial charge in [0.15, 0.2) is 13.7 Å². The summed E-state index contributed by atoms with van der Waals surface area (Å²) in [6, 6.07) is 65.3. The van der Waals surface area contributed by atoms with Gasteiger partial charge in [0.1, 0.15) is 5.58 Å². The number of nitrogens with zero attached hydrogens (tertiary/aromatic N) is 2. The Morgan fingerprint density at radius 2 is 0.828 bits per heavy atom. The molecule has 0 N–H and O–H groups in total. The molecule has 0 aliphatic carbocycles. The Morgan fingerprint density at radius 1 is 0.397 bits per heavy atom. The lowest BCUT2D eigenvalue weighted by atomic mass is 10.1. The van der Waals surface area contributed by atoms with Gasteiger partial charge in [-0.05, 0) is 63.2 Å². The van der Waals surface area contributed by atoms with Gasteiger partial charge in [0, 0.05) is 32.6 Å². The van der Waals surface area contributed by atoms with Crippen molar-refractivity contribution < 1.29 is 9.90 Å². The van der Waals surface area contributed by atoms with E-state index >= 15 is 0 Å². The van der Waals surface area contributed by atoms with Crippen molar-refractivity contribution in [3.05, 3.63) is 218 Å². The van der Waals surface area contributed by atoms with Gasteiger partial charge in [0.05, 0.1) is 38.6 Å². The highest BCUT2D eigenvalue weighted by atomic mass is 28.3. The van der Waals surface area contributed by atoms with E-state index in [4.69, 9.17) is 4.42 Å². The third kappa shape index (κ3) is 4.61. The zero-order valence-corrected chi connectivity index (χ0v) is 32.3. The number of hydrogen-bond acceptors (Lipinski definition) is 1. The van der Waals surface area contributed by atoms with Crippen LogP contribution in [0.4, 0.5) is 0 Å². The minimum absolute atomic E-state index is 0.0506. The third-order valence-electron chi connectivity index (χ3n) is 11.9. The molecule has 272 valence electrons. The van der Waals surface area contributed by atoms with Gasteiger partial charge in [0.2, 0.25) is 0 Å². The van der Waals surface area contributed by atoms with E-state index in [0.29, 0.717) is 16.4 Å². The zero-order chi connectivity index (χ0) is 41.7. The maximum Gasteiger partial charge on any atom is 0.179 e. The Labute approximate surface area is 341 Å². The van der Waals surface area contributed by atoms with Crippen LogP contribution in [-0.2, 0) is 0 Å². The molecule has 0 saturated heterocycles. The molecule has 3 aromatic heterocycles. The van der Waals surface area contributed by atoms with Crippen LogP contribution < -0.4 is 20.7 Å². The summed E-state index contributed by atoms with van der Waals surface area (Å²) in [7, 11) is -3.46. The van der Waals surface area contributed by atoms with Gasteiger partial charge in [-0.1, -0.05) is 176 Å². The van der Waals surface area contributed by atoms with Crippen LogP contribution in [-0.4, -0.2) is 17.2 Å². The molecule has 0 atom stereocenters. The molecule has 58 heavy (non-hydrogen) atoms. The smallest absolute Gasteiger partial charge is 0.179 e. The van der Waals surface area contributed by atoms with Gasteiger partial charge in [-0.15, -0.1) is 0 Å². The molecule has 12 aromatic rings. The van der Waals surface area contributed by atoms with Gasteiger partial charge >= 0.3 is 0 Å². The predicted molar refractivity (Wildman–Crippen MR) is 246 cm³/mol. The average molecular weight is 761 g/mol. The van der Waals surface area contributed by atoms with Crippen molar-refractivity contribution in [3.8, 4) is 11.4 Å². The normalized spacial score (nSPS) is 13.1. The van der Waals surface area contributed by atoms with Crippen LogP contribution in [0.25, 0.3) is 76.9 Å². The number of rotatable bonds is 6. The molecule has 9 aromatic carbocycles. The monoisotopic (exact) mass is 760 g/mol. The lowest BCUT2D eigenvalue weighted by molar-refractivity contribution is 0.666. The molecule has 0 spiro atoms. The standard InChI is InChI=1S/C54H36N2OSi/c1-4-18-38(19-5-1)58(39-20-6-2-7-21-39,40-22-8-3-9-23-40)41-34-32-37(33-35-41)55-47-28-14-12-26-44(47)46-36-50(54-52(53(46)55)45-27-13-17-31-51(45)57-54)56-48-29-15-10-24-42(48)43-25-11-16-30-49(43)56/h1-36H/i32D,33D,34D,35D. The van der Waals surface area contributed by atoms with Crippen molar-refractivity contribution in [1.82, 2.24) is 9.13 Å². The predicted octanol–water partition coefficient (Wildman–Crippen LogP) is 11.2. The van der Waals surface area contributed by atoms with Crippen molar-refractivity contribution >= 4 is 94.4 Å². The third-order valence-corrected chi connectivity index (χ3v) is 16.5. The van der Waals surface area contributed by atoms with Crippen LogP contribution in [0.15, 0.2) is 223 Å². The summed E-state index contributed by atoms with van der Waals surface area (Å²) in [5.41, 5.74) is 6.11. The first-order valence-corrected chi connectivity index (χ1v) is 21.6. The fourth-order valence-electron chi connectivity index (χ4n) is 9.50. The van der Waals surface area contributed by atoms with Crippen LogP contribution >= 0.6 is 0 Å². The van der Waals surface area contributed by atoms with Gasteiger partial charge in [0.25, 0.3) is 0 Å². The van der Waals surface area contributed by atoms with Crippen molar-refractivity contribution in [2.75, 3.05) is 0 Å². The first kappa shape index (κ1) is 28.9. The van der Waals surface area contributed by atoms with Crippen LogP contribution in [0.3, 0.4) is 0 Å². The van der Waals surface area contributed by atoms with Gasteiger partial charge in [-0.2, -0.15) is 0 Å². The van der Waals surface area contributed by atoms with E-state index in [1.54, 1.807) is 0 Å². The molecule has 0 radical (unpaired) electrons. The SMILES string of the molecule is [2H]c1c([2H])c([Si](c2ccccc2)(c2ccccc2)c2ccccc2)c([2H])c([2H])c1-n1c2ccccc2c2cc(-n3c4ccccc4c4ccccc43)c3oc4ccccc4c3c21. The zero-order valence-electron chi connectivity index (χ0n) is 35.3. The van der Waals surface area contributed by atoms with Crippen LogP contribution in [0.5, 0.6) is 0 Å². The second kappa shape index (κ2) is 12.8. The summed E-state index contributed by atoms with van der Waals surface area (Å²) >= 11 is 0. The number of para-hydroxylation sites is 4. The highest BCUT2D eigenvalue weighted by molar-refractivity contribution is 7.19. The molecule has 12 rings (SSSR count). The summed E-state index contributed by atoms with van der Waals surface area (Å²) in [4.78, 5) is 0. The fourth-order valence-corrected chi connectivity index (χ4v) is 13.9. The first-order chi connectivity index (χ1) is 30.5. The number of fused-ring (bicyclic) bond motifs is 10. The Kier molecular flexibility index (Phi) is 6.39.